The molecule has 0 N–H and O–H groups in total. The Morgan fingerprint density at radius 2 is 2.17 bits per heavy atom. The van der Waals surface area contributed by atoms with Crippen molar-refractivity contribution in [1.29, 1.82) is 0 Å². The lowest BCUT2D eigenvalue weighted by atomic mass is 9.96. The molecule has 68 valence electrons. The van der Waals surface area contributed by atoms with Gasteiger partial charge in [-0.3, -0.25) is 0 Å². The van der Waals surface area contributed by atoms with Crippen LogP contribution >= 0.6 is 0 Å². The third kappa shape index (κ3) is 2.03. The summed E-state index contributed by atoms with van der Waals surface area (Å²) in [6, 6.07) is 0. The number of hydrogen-bond donors (Lipinski definition) is 0. The van der Waals surface area contributed by atoms with Gasteiger partial charge in [-0.05, 0) is 18.4 Å². The van der Waals surface area contributed by atoms with Crippen molar-refractivity contribution in [2.24, 2.45) is 5.92 Å². The van der Waals surface area contributed by atoms with Crippen molar-refractivity contribution < 1.29 is 9.47 Å². The Hall–Kier alpha value is -0.920. The third-order valence-corrected chi connectivity index (χ3v) is 2.19. The lowest BCUT2D eigenvalue weighted by Gasteiger charge is -2.18. The molecule has 0 aliphatic heterocycles. The molecule has 0 bridgehead atoms. The predicted molar refractivity (Wildman–Crippen MR) is 48.6 cm³/mol. The van der Waals surface area contributed by atoms with Crippen LogP contribution in [0.3, 0.4) is 0 Å². The average molecular weight is 168 g/mol. The Bertz CT molecular complexity index is 204. The Kier molecular flexibility index (Phi) is 3.20. The summed E-state index contributed by atoms with van der Waals surface area (Å²) in [5, 5.41) is 0. The van der Waals surface area contributed by atoms with Gasteiger partial charge in [0.25, 0.3) is 0 Å². The van der Waals surface area contributed by atoms with Crippen LogP contribution in [0.25, 0.3) is 0 Å². The molecule has 0 fully saturated rings. The van der Waals surface area contributed by atoms with Gasteiger partial charge in [0.15, 0.2) is 0 Å². The van der Waals surface area contributed by atoms with Crippen molar-refractivity contribution in [2.75, 3.05) is 14.2 Å². The molecule has 1 aliphatic carbocycles. The van der Waals surface area contributed by atoms with Gasteiger partial charge in [-0.15, -0.1) is 0 Å². The molecule has 0 unspecified atom stereocenters. The van der Waals surface area contributed by atoms with Crippen LogP contribution in [-0.2, 0) is 9.47 Å². The van der Waals surface area contributed by atoms with Gasteiger partial charge in [0.1, 0.15) is 5.76 Å². The van der Waals surface area contributed by atoms with E-state index in [1.54, 1.807) is 14.2 Å². The Labute approximate surface area is 73.9 Å². The Balaban J connectivity index is 2.70. The summed E-state index contributed by atoms with van der Waals surface area (Å²) in [5.41, 5.74) is 0. The maximum atomic E-state index is 5.20. The zero-order valence-electron chi connectivity index (χ0n) is 7.96. The van der Waals surface area contributed by atoms with E-state index in [4.69, 9.17) is 9.47 Å². The first-order valence-electron chi connectivity index (χ1n) is 4.30. The fourth-order valence-corrected chi connectivity index (χ4v) is 1.35. The number of allylic oxidation sites excluding steroid dienone is 3. The second kappa shape index (κ2) is 4.19. The molecular formula is C10H16O2. The van der Waals surface area contributed by atoms with Crippen molar-refractivity contribution in [3.8, 4) is 0 Å². The predicted octanol–water partition coefficient (Wildman–Crippen LogP) is 2.48. The van der Waals surface area contributed by atoms with E-state index < -0.39 is 0 Å². The molecule has 0 heterocycles. The average Bonchev–Trinajstić information content (AvgIpc) is 2.16. The lowest BCUT2D eigenvalue weighted by molar-refractivity contribution is 0.243. The molecular weight excluding hydrogens is 152 g/mol. The van der Waals surface area contributed by atoms with Crippen molar-refractivity contribution in [3.63, 3.8) is 0 Å². The summed E-state index contributed by atoms with van der Waals surface area (Å²) in [6.07, 6.45) is 6.24. The summed E-state index contributed by atoms with van der Waals surface area (Å²) < 4.78 is 10.4. The minimum Gasteiger partial charge on any atom is -0.501 e. The van der Waals surface area contributed by atoms with E-state index in [9.17, 15) is 0 Å². The number of hydrogen-bond acceptors (Lipinski definition) is 2. The van der Waals surface area contributed by atoms with Crippen LogP contribution in [0.2, 0.25) is 0 Å². The van der Waals surface area contributed by atoms with Crippen molar-refractivity contribution in [2.45, 2.75) is 19.8 Å². The standard InChI is InChI=1S/C10H16O2/c1-4-8-5-9(11-2)7-10(6-8)12-3/h5,7-8H,4,6H2,1-3H3/t8-/m0/s1. The highest BCUT2D eigenvalue weighted by Gasteiger charge is 2.14. The van der Waals surface area contributed by atoms with Crippen LogP contribution in [0.5, 0.6) is 0 Å². The van der Waals surface area contributed by atoms with E-state index in [1.807, 2.05) is 6.08 Å². The quantitative estimate of drug-likeness (QED) is 0.644. The highest BCUT2D eigenvalue weighted by atomic mass is 16.5. The molecule has 0 saturated heterocycles. The maximum absolute atomic E-state index is 5.20. The molecule has 0 amide bonds. The molecule has 0 aromatic heterocycles. The molecule has 0 aromatic rings. The van der Waals surface area contributed by atoms with Crippen LogP contribution < -0.4 is 0 Å². The van der Waals surface area contributed by atoms with Gasteiger partial charge in [0.05, 0.1) is 20.0 Å². The molecule has 0 spiro atoms. The van der Waals surface area contributed by atoms with Gasteiger partial charge in [-0.25, -0.2) is 0 Å². The molecule has 0 saturated carbocycles. The molecule has 2 nitrogen and oxygen atoms in total. The summed E-state index contributed by atoms with van der Waals surface area (Å²) in [4.78, 5) is 0. The fourth-order valence-electron chi connectivity index (χ4n) is 1.35. The minimum absolute atomic E-state index is 0.569. The van der Waals surface area contributed by atoms with Crippen LogP contribution in [0.1, 0.15) is 19.8 Å². The summed E-state index contributed by atoms with van der Waals surface area (Å²) in [7, 11) is 3.39. The van der Waals surface area contributed by atoms with Crippen LogP contribution in [0, 0.1) is 5.92 Å². The van der Waals surface area contributed by atoms with E-state index in [2.05, 4.69) is 13.0 Å². The summed E-state index contributed by atoms with van der Waals surface area (Å²) in [5.74, 6) is 2.51. The second-order valence-corrected chi connectivity index (χ2v) is 2.96. The van der Waals surface area contributed by atoms with E-state index >= 15 is 0 Å². The molecule has 12 heavy (non-hydrogen) atoms. The SMILES string of the molecule is CC[C@H]1C=C(OC)C=C(OC)C1. The van der Waals surface area contributed by atoms with E-state index in [-0.39, 0.29) is 0 Å². The normalized spacial score (nSPS) is 22.8. The molecule has 0 aromatic carbocycles. The Morgan fingerprint density at radius 1 is 1.42 bits per heavy atom. The first kappa shape index (κ1) is 9.17. The largest absolute Gasteiger partial charge is 0.501 e. The molecule has 1 atom stereocenters. The van der Waals surface area contributed by atoms with Gasteiger partial charge in [-0.1, -0.05) is 6.92 Å². The monoisotopic (exact) mass is 168 g/mol. The van der Waals surface area contributed by atoms with Gasteiger partial charge in [-0.2, -0.15) is 0 Å². The zero-order valence-corrected chi connectivity index (χ0v) is 7.96. The first-order valence-corrected chi connectivity index (χ1v) is 4.30. The van der Waals surface area contributed by atoms with Gasteiger partial charge < -0.3 is 9.47 Å². The topological polar surface area (TPSA) is 18.5 Å². The maximum Gasteiger partial charge on any atom is 0.118 e. The van der Waals surface area contributed by atoms with Crippen LogP contribution in [0.4, 0.5) is 0 Å². The van der Waals surface area contributed by atoms with Crippen LogP contribution in [-0.4, -0.2) is 14.2 Å². The number of methoxy groups -OCH3 is 2. The summed E-state index contributed by atoms with van der Waals surface area (Å²) in [6.45, 7) is 2.17. The smallest absolute Gasteiger partial charge is 0.118 e. The van der Waals surface area contributed by atoms with E-state index in [1.165, 1.54) is 0 Å². The number of rotatable bonds is 3. The van der Waals surface area contributed by atoms with Crippen molar-refractivity contribution >= 4 is 0 Å². The Morgan fingerprint density at radius 3 is 2.67 bits per heavy atom. The highest BCUT2D eigenvalue weighted by molar-refractivity contribution is 5.21. The minimum atomic E-state index is 0.569. The van der Waals surface area contributed by atoms with E-state index in [0.29, 0.717) is 5.92 Å². The molecule has 1 rings (SSSR count). The fraction of sp³-hybridized carbons (Fsp3) is 0.600. The summed E-state index contributed by atoms with van der Waals surface area (Å²) >= 11 is 0. The second-order valence-electron chi connectivity index (χ2n) is 2.96. The highest BCUT2D eigenvalue weighted by Crippen LogP contribution is 2.25. The number of ether oxygens (including phenoxy) is 2. The lowest BCUT2D eigenvalue weighted by Crippen LogP contribution is -2.06. The van der Waals surface area contributed by atoms with Crippen LogP contribution in [0.15, 0.2) is 23.7 Å². The van der Waals surface area contributed by atoms with Crippen molar-refractivity contribution in [1.82, 2.24) is 0 Å². The van der Waals surface area contributed by atoms with Gasteiger partial charge >= 0.3 is 0 Å². The van der Waals surface area contributed by atoms with Gasteiger partial charge in [0.2, 0.25) is 0 Å². The van der Waals surface area contributed by atoms with Crippen molar-refractivity contribution in [3.05, 3.63) is 23.7 Å². The van der Waals surface area contributed by atoms with E-state index in [0.717, 1.165) is 24.4 Å². The third-order valence-electron chi connectivity index (χ3n) is 2.19. The molecule has 0 radical (unpaired) electrons. The zero-order chi connectivity index (χ0) is 8.97. The first-order chi connectivity index (χ1) is 5.80. The molecule has 1 aliphatic rings. The van der Waals surface area contributed by atoms with Gasteiger partial charge in [0, 0.05) is 12.5 Å². The molecule has 2 heteroatoms.